The maximum Gasteiger partial charge on any atom is 0.504 e. The van der Waals surface area contributed by atoms with E-state index in [0.717, 1.165) is 15.6 Å². The Morgan fingerprint density at radius 3 is 2.25 bits per heavy atom. The van der Waals surface area contributed by atoms with Gasteiger partial charge < -0.3 is 9.68 Å². The van der Waals surface area contributed by atoms with Crippen LogP contribution in [0.4, 0.5) is 0 Å². The van der Waals surface area contributed by atoms with Crippen LogP contribution in [0.25, 0.3) is 11.1 Å². The number of rotatable bonds is 3. The minimum atomic E-state index is -0.318. The molecular formula is C12H10BBrO2. The minimum absolute atomic E-state index is 0.318. The van der Waals surface area contributed by atoms with Crippen LogP contribution in [-0.2, 0) is 0 Å². The second-order valence-corrected chi connectivity index (χ2v) is 4.10. The van der Waals surface area contributed by atoms with Gasteiger partial charge in [0, 0.05) is 10.0 Å². The van der Waals surface area contributed by atoms with Crippen molar-refractivity contribution in [3.05, 3.63) is 53.0 Å². The van der Waals surface area contributed by atoms with Crippen molar-refractivity contribution >= 4 is 23.6 Å². The number of hydrogen-bond donors (Lipinski definition) is 1. The van der Waals surface area contributed by atoms with E-state index in [4.69, 9.17) is 9.68 Å². The third-order valence-electron chi connectivity index (χ3n) is 2.27. The van der Waals surface area contributed by atoms with Gasteiger partial charge in [-0.15, -0.1) is 0 Å². The molecule has 0 heterocycles. The van der Waals surface area contributed by atoms with E-state index in [1.54, 1.807) is 0 Å². The van der Waals surface area contributed by atoms with Crippen LogP contribution in [0.5, 0.6) is 5.75 Å². The molecule has 2 nitrogen and oxygen atoms in total. The zero-order valence-corrected chi connectivity index (χ0v) is 10.1. The molecule has 0 saturated heterocycles. The lowest BCUT2D eigenvalue weighted by atomic mass is 10.0. The quantitative estimate of drug-likeness (QED) is 0.874. The van der Waals surface area contributed by atoms with E-state index in [0.29, 0.717) is 5.75 Å². The molecule has 0 aliphatic heterocycles. The molecule has 0 fully saturated rings. The summed E-state index contributed by atoms with van der Waals surface area (Å²) >= 11 is 3.50. The highest BCUT2D eigenvalue weighted by Gasteiger charge is 2.07. The van der Waals surface area contributed by atoms with Crippen molar-refractivity contribution < 1.29 is 9.68 Å². The van der Waals surface area contributed by atoms with E-state index in [1.165, 1.54) is 0 Å². The Hall–Kier alpha value is -1.26. The maximum absolute atomic E-state index is 8.83. The fraction of sp³-hybridized carbons (Fsp3) is 0. The molecule has 2 aromatic rings. The van der Waals surface area contributed by atoms with Crippen molar-refractivity contribution in [1.82, 2.24) is 0 Å². The van der Waals surface area contributed by atoms with Crippen molar-refractivity contribution in [2.75, 3.05) is 0 Å². The van der Waals surface area contributed by atoms with E-state index >= 15 is 0 Å². The lowest BCUT2D eigenvalue weighted by Gasteiger charge is -2.10. The lowest BCUT2D eigenvalue weighted by Crippen LogP contribution is -2.01. The molecule has 0 radical (unpaired) electrons. The minimum Gasteiger partial charge on any atom is -0.538 e. The van der Waals surface area contributed by atoms with Crippen LogP contribution in [-0.4, -0.2) is 12.7 Å². The molecule has 0 aromatic heterocycles. The van der Waals surface area contributed by atoms with E-state index in [-0.39, 0.29) is 7.69 Å². The summed E-state index contributed by atoms with van der Waals surface area (Å²) in [6.45, 7) is 0. The van der Waals surface area contributed by atoms with E-state index in [9.17, 15) is 0 Å². The van der Waals surface area contributed by atoms with Crippen LogP contribution >= 0.6 is 15.9 Å². The number of halogens is 1. The molecule has 80 valence electrons. The van der Waals surface area contributed by atoms with Crippen LogP contribution in [0.3, 0.4) is 0 Å². The average Bonchev–Trinajstić information content (AvgIpc) is 2.31. The highest BCUT2D eigenvalue weighted by Crippen LogP contribution is 2.34. The van der Waals surface area contributed by atoms with Crippen molar-refractivity contribution in [3.8, 4) is 16.9 Å². The van der Waals surface area contributed by atoms with E-state index < -0.39 is 0 Å². The molecule has 0 unspecified atom stereocenters. The van der Waals surface area contributed by atoms with Crippen LogP contribution in [0.1, 0.15) is 0 Å². The first kappa shape index (κ1) is 11.2. The maximum atomic E-state index is 8.83. The van der Waals surface area contributed by atoms with Crippen molar-refractivity contribution in [3.63, 3.8) is 0 Å². The molecule has 4 heteroatoms. The monoisotopic (exact) mass is 276 g/mol. The van der Waals surface area contributed by atoms with Gasteiger partial charge in [0.2, 0.25) is 0 Å². The second-order valence-electron chi connectivity index (χ2n) is 3.25. The molecule has 0 spiro atoms. The normalized spacial score (nSPS) is 9.88. The fourth-order valence-corrected chi connectivity index (χ4v) is 2.06. The van der Waals surface area contributed by atoms with Crippen LogP contribution in [0.15, 0.2) is 53.0 Å². The summed E-state index contributed by atoms with van der Waals surface area (Å²) in [5.74, 6) is 0.678. The van der Waals surface area contributed by atoms with Crippen molar-refractivity contribution in [1.29, 1.82) is 0 Å². The van der Waals surface area contributed by atoms with Gasteiger partial charge in [0.15, 0.2) is 0 Å². The summed E-state index contributed by atoms with van der Waals surface area (Å²) < 4.78 is 6.18. The fourth-order valence-electron chi connectivity index (χ4n) is 1.56. The molecule has 0 bridgehead atoms. The molecule has 0 amide bonds. The Bertz CT molecular complexity index is 488. The summed E-state index contributed by atoms with van der Waals surface area (Å²) in [7, 11) is -0.318. The summed E-state index contributed by atoms with van der Waals surface area (Å²) in [6.07, 6.45) is 0. The second kappa shape index (κ2) is 5.19. The molecule has 2 aromatic carbocycles. The van der Waals surface area contributed by atoms with Gasteiger partial charge in [-0.1, -0.05) is 52.3 Å². The van der Waals surface area contributed by atoms with Gasteiger partial charge in [-0.3, -0.25) is 0 Å². The highest BCUT2D eigenvalue weighted by molar-refractivity contribution is 9.10. The zero-order valence-electron chi connectivity index (χ0n) is 8.56. The molecular weight excluding hydrogens is 267 g/mol. The van der Waals surface area contributed by atoms with Crippen LogP contribution in [0, 0.1) is 0 Å². The Morgan fingerprint density at radius 2 is 1.56 bits per heavy atom. The van der Waals surface area contributed by atoms with Crippen LogP contribution in [0.2, 0.25) is 0 Å². The summed E-state index contributed by atoms with van der Waals surface area (Å²) in [6, 6.07) is 15.5. The van der Waals surface area contributed by atoms with Crippen molar-refractivity contribution in [2.45, 2.75) is 0 Å². The Labute approximate surface area is 103 Å². The highest BCUT2D eigenvalue weighted by atomic mass is 79.9. The predicted molar refractivity (Wildman–Crippen MR) is 69.6 cm³/mol. The van der Waals surface area contributed by atoms with E-state index in [1.807, 2.05) is 48.5 Å². The van der Waals surface area contributed by atoms with Gasteiger partial charge in [0.05, 0.1) is 0 Å². The third-order valence-corrected chi connectivity index (χ3v) is 2.96. The summed E-state index contributed by atoms with van der Waals surface area (Å²) in [4.78, 5) is 0. The Balaban J connectivity index is 2.51. The standard InChI is InChI=1S/C12H10BBrO2/c14-11-7-3-1-5-9(11)10-6-2-4-8-12(10)16-13-15/h1-8,13,15H. The number of para-hydroxylation sites is 1. The van der Waals surface area contributed by atoms with Gasteiger partial charge in [0.25, 0.3) is 0 Å². The molecule has 16 heavy (non-hydrogen) atoms. The number of benzene rings is 2. The first-order valence-electron chi connectivity index (χ1n) is 4.90. The first-order chi connectivity index (χ1) is 7.83. The van der Waals surface area contributed by atoms with Gasteiger partial charge in [-0.25, -0.2) is 0 Å². The average molecular weight is 277 g/mol. The van der Waals surface area contributed by atoms with E-state index in [2.05, 4.69) is 15.9 Å². The topological polar surface area (TPSA) is 29.5 Å². The Morgan fingerprint density at radius 1 is 0.938 bits per heavy atom. The largest absolute Gasteiger partial charge is 0.538 e. The SMILES string of the molecule is OBOc1ccccc1-c1ccccc1Br. The van der Waals surface area contributed by atoms with Gasteiger partial charge >= 0.3 is 7.69 Å². The van der Waals surface area contributed by atoms with Crippen molar-refractivity contribution in [2.24, 2.45) is 0 Å². The van der Waals surface area contributed by atoms with Gasteiger partial charge in [0.1, 0.15) is 5.75 Å². The van der Waals surface area contributed by atoms with Crippen LogP contribution < -0.4 is 4.65 Å². The smallest absolute Gasteiger partial charge is 0.504 e. The molecule has 0 atom stereocenters. The van der Waals surface area contributed by atoms with Gasteiger partial charge in [-0.2, -0.15) is 0 Å². The predicted octanol–water partition coefficient (Wildman–Crippen LogP) is 2.75. The zero-order chi connectivity index (χ0) is 11.4. The third kappa shape index (κ3) is 2.28. The molecule has 0 aliphatic carbocycles. The lowest BCUT2D eigenvalue weighted by molar-refractivity contribution is 0.455. The summed E-state index contributed by atoms with van der Waals surface area (Å²) in [5.41, 5.74) is 2.01. The number of hydrogen-bond acceptors (Lipinski definition) is 2. The Kier molecular flexibility index (Phi) is 3.64. The molecule has 0 aliphatic rings. The summed E-state index contributed by atoms with van der Waals surface area (Å²) in [5, 5.41) is 8.83. The van der Waals surface area contributed by atoms with Gasteiger partial charge in [-0.05, 0) is 17.7 Å². The molecule has 0 saturated carbocycles. The molecule has 1 N–H and O–H groups in total. The first-order valence-corrected chi connectivity index (χ1v) is 5.70. The molecule has 2 rings (SSSR count).